The van der Waals surface area contributed by atoms with Gasteiger partial charge in [0.05, 0.1) is 18.3 Å². The molecule has 3 rings (SSSR count). The Morgan fingerprint density at radius 3 is 2.71 bits per heavy atom. The van der Waals surface area contributed by atoms with E-state index in [1.807, 2.05) is 53.9 Å². The second kappa shape index (κ2) is 7.08. The number of rotatable bonds is 6. The number of nitrogens with zero attached hydrogens (tertiary/aromatic N) is 2. The van der Waals surface area contributed by atoms with E-state index in [9.17, 15) is 9.59 Å². The number of hydrogen-bond acceptors (Lipinski definition) is 3. The van der Waals surface area contributed by atoms with E-state index in [4.69, 9.17) is 0 Å². The predicted molar refractivity (Wildman–Crippen MR) is 91.8 cm³/mol. The van der Waals surface area contributed by atoms with Gasteiger partial charge in [-0.1, -0.05) is 30.3 Å². The van der Waals surface area contributed by atoms with Crippen LogP contribution in [0.15, 0.2) is 54.9 Å². The number of nitrogens with one attached hydrogen (secondary N) is 1. The summed E-state index contributed by atoms with van der Waals surface area (Å²) in [6.45, 7) is 2.24. The third-order valence-electron chi connectivity index (χ3n) is 3.98. The molecule has 0 aliphatic carbocycles. The van der Waals surface area contributed by atoms with Crippen LogP contribution in [0.5, 0.6) is 0 Å². The maximum absolute atomic E-state index is 12.2. The number of imidazole rings is 1. The molecule has 0 bridgehead atoms. The number of aromatic nitrogens is 2. The molecule has 1 N–H and O–H groups in total. The number of amides is 1. The van der Waals surface area contributed by atoms with Crippen LogP contribution in [0, 0.1) is 6.92 Å². The van der Waals surface area contributed by atoms with E-state index in [1.165, 1.54) is 0 Å². The lowest BCUT2D eigenvalue weighted by Crippen LogP contribution is -2.24. The second-order valence-corrected chi connectivity index (χ2v) is 5.68. The van der Waals surface area contributed by atoms with Crippen LogP contribution < -0.4 is 5.32 Å². The van der Waals surface area contributed by atoms with Gasteiger partial charge < -0.3 is 9.72 Å². The van der Waals surface area contributed by atoms with Gasteiger partial charge in [0.15, 0.2) is 5.78 Å². The standard InChI is InChI=1S/C19H19N3O2/c1-14-6-2-3-8-16(14)17(23)9-10-19(24)21-13-18-20-12-15-7-4-5-11-22(15)18/h2-8,11-12H,9-10,13H2,1H3,(H,21,24). The van der Waals surface area contributed by atoms with E-state index >= 15 is 0 Å². The third-order valence-corrected chi connectivity index (χ3v) is 3.98. The maximum atomic E-state index is 12.2. The first-order valence-electron chi connectivity index (χ1n) is 7.91. The molecule has 0 spiro atoms. The summed E-state index contributed by atoms with van der Waals surface area (Å²) in [7, 11) is 0. The monoisotopic (exact) mass is 321 g/mol. The molecule has 0 aliphatic heterocycles. The Morgan fingerprint density at radius 1 is 1.08 bits per heavy atom. The normalized spacial score (nSPS) is 10.7. The Labute approximate surface area is 140 Å². The van der Waals surface area contributed by atoms with E-state index in [2.05, 4.69) is 10.3 Å². The highest BCUT2D eigenvalue weighted by Gasteiger charge is 2.11. The number of pyridine rings is 1. The van der Waals surface area contributed by atoms with Crippen molar-refractivity contribution < 1.29 is 9.59 Å². The Hall–Kier alpha value is -2.95. The van der Waals surface area contributed by atoms with Gasteiger partial charge in [-0.05, 0) is 24.6 Å². The van der Waals surface area contributed by atoms with Crippen molar-refractivity contribution in [1.29, 1.82) is 0 Å². The molecule has 1 amide bonds. The molecule has 2 aromatic heterocycles. The molecule has 1 aromatic carbocycles. The maximum Gasteiger partial charge on any atom is 0.220 e. The topological polar surface area (TPSA) is 63.5 Å². The number of fused-ring (bicyclic) bond motifs is 1. The van der Waals surface area contributed by atoms with Crippen molar-refractivity contribution in [2.45, 2.75) is 26.3 Å². The summed E-state index contributed by atoms with van der Waals surface area (Å²) in [5.74, 6) is 0.614. The Morgan fingerprint density at radius 2 is 1.88 bits per heavy atom. The molecule has 2 heterocycles. The Bertz CT molecular complexity index is 883. The first-order chi connectivity index (χ1) is 11.6. The lowest BCUT2D eigenvalue weighted by atomic mass is 10.0. The van der Waals surface area contributed by atoms with Gasteiger partial charge in [0.2, 0.25) is 5.91 Å². The van der Waals surface area contributed by atoms with Gasteiger partial charge in [-0.3, -0.25) is 9.59 Å². The molecule has 3 aromatic rings. The molecule has 24 heavy (non-hydrogen) atoms. The first-order valence-corrected chi connectivity index (χ1v) is 7.91. The van der Waals surface area contributed by atoms with Crippen LogP contribution in [0.25, 0.3) is 5.52 Å². The number of ketones is 1. The van der Waals surface area contributed by atoms with Gasteiger partial charge >= 0.3 is 0 Å². The highest BCUT2D eigenvalue weighted by Crippen LogP contribution is 2.11. The summed E-state index contributed by atoms with van der Waals surface area (Å²) in [6.07, 6.45) is 4.06. The molecule has 0 aliphatic rings. The van der Waals surface area contributed by atoms with Crippen molar-refractivity contribution in [1.82, 2.24) is 14.7 Å². The van der Waals surface area contributed by atoms with Gasteiger partial charge in [0, 0.05) is 24.6 Å². The van der Waals surface area contributed by atoms with E-state index < -0.39 is 0 Å². The smallest absolute Gasteiger partial charge is 0.220 e. The highest BCUT2D eigenvalue weighted by molar-refractivity contribution is 5.99. The average Bonchev–Trinajstić information content (AvgIpc) is 3.01. The average molecular weight is 321 g/mol. The number of hydrogen-bond donors (Lipinski definition) is 1. The fraction of sp³-hybridized carbons (Fsp3) is 0.211. The van der Waals surface area contributed by atoms with Gasteiger partial charge in [-0.2, -0.15) is 0 Å². The van der Waals surface area contributed by atoms with Crippen molar-refractivity contribution >= 4 is 17.2 Å². The molecule has 0 atom stereocenters. The van der Waals surface area contributed by atoms with Crippen LogP contribution in [-0.4, -0.2) is 21.1 Å². The molecular formula is C19H19N3O2. The SMILES string of the molecule is Cc1ccccc1C(=O)CCC(=O)NCc1ncc2ccccn12. The largest absolute Gasteiger partial charge is 0.349 e. The predicted octanol–water partition coefficient (Wildman–Crippen LogP) is 2.92. The van der Waals surface area contributed by atoms with E-state index in [0.29, 0.717) is 12.1 Å². The number of aryl methyl sites for hydroxylation is 1. The highest BCUT2D eigenvalue weighted by atomic mass is 16.2. The number of Topliss-reactive ketones (excluding diaryl/α,β-unsaturated/α-hetero) is 1. The summed E-state index contributed by atoms with van der Waals surface area (Å²) in [5.41, 5.74) is 2.60. The lowest BCUT2D eigenvalue weighted by molar-refractivity contribution is -0.121. The molecule has 5 nitrogen and oxygen atoms in total. The molecule has 0 saturated heterocycles. The number of benzene rings is 1. The summed E-state index contributed by atoms with van der Waals surface area (Å²) in [6, 6.07) is 13.2. The van der Waals surface area contributed by atoms with Crippen molar-refractivity contribution in [3.63, 3.8) is 0 Å². The van der Waals surface area contributed by atoms with E-state index in [0.717, 1.165) is 16.9 Å². The fourth-order valence-electron chi connectivity index (χ4n) is 2.64. The Kier molecular flexibility index (Phi) is 4.70. The molecule has 0 unspecified atom stereocenters. The Balaban J connectivity index is 1.53. The molecule has 0 fully saturated rings. The summed E-state index contributed by atoms with van der Waals surface area (Å²) >= 11 is 0. The summed E-state index contributed by atoms with van der Waals surface area (Å²) in [5, 5.41) is 2.82. The van der Waals surface area contributed by atoms with Crippen LogP contribution in [0.4, 0.5) is 0 Å². The van der Waals surface area contributed by atoms with Crippen LogP contribution in [0.3, 0.4) is 0 Å². The van der Waals surface area contributed by atoms with Crippen molar-refractivity contribution in [3.8, 4) is 0 Å². The summed E-state index contributed by atoms with van der Waals surface area (Å²) in [4.78, 5) is 28.5. The lowest BCUT2D eigenvalue weighted by Gasteiger charge is -2.06. The molecule has 0 radical (unpaired) electrons. The van der Waals surface area contributed by atoms with E-state index in [1.54, 1.807) is 12.3 Å². The van der Waals surface area contributed by atoms with Gasteiger partial charge in [-0.15, -0.1) is 0 Å². The zero-order valence-corrected chi connectivity index (χ0v) is 13.5. The molecule has 0 saturated carbocycles. The third kappa shape index (κ3) is 3.51. The van der Waals surface area contributed by atoms with Crippen LogP contribution >= 0.6 is 0 Å². The summed E-state index contributed by atoms with van der Waals surface area (Å²) < 4.78 is 1.93. The fourth-order valence-corrected chi connectivity index (χ4v) is 2.64. The first kappa shape index (κ1) is 15.9. The molecule has 122 valence electrons. The number of carbonyl (C=O) groups excluding carboxylic acids is 2. The number of carbonyl (C=O) groups is 2. The minimum atomic E-state index is -0.149. The van der Waals surface area contributed by atoms with Crippen LogP contribution in [0.2, 0.25) is 0 Å². The van der Waals surface area contributed by atoms with Crippen molar-refractivity contribution in [3.05, 3.63) is 71.8 Å². The van der Waals surface area contributed by atoms with Gasteiger partial charge in [-0.25, -0.2) is 4.98 Å². The van der Waals surface area contributed by atoms with Crippen LogP contribution in [-0.2, 0) is 11.3 Å². The minimum Gasteiger partial charge on any atom is -0.349 e. The van der Waals surface area contributed by atoms with Crippen molar-refractivity contribution in [2.24, 2.45) is 0 Å². The van der Waals surface area contributed by atoms with E-state index in [-0.39, 0.29) is 24.5 Å². The zero-order chi connectivity index (χ0) is 16.9. The minimum absolute atomic E-state index is 0.00508. The second-order valence-electron chi connectivity index (χ2n) is 5.68. The molecule has 5 heteroatoms. The zero-order valence-electron chi connectivity index (χ0n) is 13.5. The van der Waals surface area contributed by atoms with Gasteiger partial charge in [0.25, 0.3) is 0 Å². The van der Waals surface area contributed by atoms with Crippen LogP contribution in [0.1, 0.15) is 34.6 Å². The quantitative estimate of drug-likeness (QED) is 0.710. The van der Waals surface area contributed by atoms with Gasteiger partial charge in [0.1, 0.15) is 5.82 Å². The van der Waals surface area contributed by atoms with Crippen molar-refractivity contribution in [2.75, 3.05) is 0 Å². The molecular weight excluding hydrogens is 302 g/mol.